The van der Waals surface area contributed by atoms with Crippen molar-refractivity contribution in [2.45, 2.75) is 6.92 Å². The van der Waals surface area contributed by atoms with Crippen LogP contribution in [0.1, 0.15) is 6.92 Å². The molecule has 0 aliphatic rings. The summed E-state index contributed by atoms with van der Waals surface area (Å²) >= 11 is -2.14. The van der Waals surface area contributed by atoms with E-state index >= 15 is 0 Å². The molecule has 0 bridgehead atoms. The van der Waals surface area contributed by atoms with Gasteiger partial charge in [-0.25, -0.2) is 0 Å². The standard InChI is InChI=1S/3C6H5.C3H6.Sn.H/c3*1-2-4-6-5-3-1;1-3-2;;/h3*1-5H;3H,1H2,2H3;;. The van der Waals surface area contributed by atoms with Crippen LogP contribution in [-0.2, 0) is 0 Å². The Bertz CT molecular complexity index is 566. The van der Waals surface area contributed by atoms with Crippen LogP contribution < -0.4 is 10.7 Å². The molecular formula is C21H22Sn. The van der Waals surface area contributed by atoms with Gasteiger partial charge < -0.3 is 0 Å². The van der Waals surface area contributed by atoms with Crippen LogP contribution in [0.5, 0.6) is 0 Å². The van der Waals surface area contributed by atoms with Crippen LogP contribution in [0.3, 0.4) is 0 Å². The zero-order valence-corrected chi connectivity index (χ0v) is 16.3. The fourth-order valence-corrected chi connectivity index (χ4v) is 11.0. The van der Waals surface area contributed by atoms with E-state index in [1.807, 2.05) is 6.92 Å². The molecule has 3 aromatic rings. The van der Waals surface area contributed by atoms with Crippen LogP contribution in [0.15, 0.2) is 104 Å². The van der Waals surface area contributed by atoms with Crippen molar-refractivity contribution in [3.63, 3.8) is 0 Å². The van der Waals surface area contributed by atoms with Gasteiger partial charge in [-0.3, -0.25) is 0 Å². The van der Waals surface area contributed by atoms with Gasteiger partial charge >= 0.3 is 121 Å². The summed E-state index contributed by atoms with van der Waals surface area (Å²) in [6.45, 7) is 5.25. The van der Waals surface area contributed by atoms with Crippen molar-refractivity contribution in [1.29, 1.82) is 0 Å². The van der Waals surface area contributed by atoms with Crippen LogP contribution >= 0.6 is 0 Å². The van der Waals surface area contributed by atoms with Gasteiger partial charge in [0.05, 0.1) is 0 Å². The van der Waals surface area contributed by atoms with E-state index in [0.29, 0.717) is 0 Å². The fraction of sp³-hybridized carbons (Fsp3) is 0.0476. The van der Waals surface area contributed by atoms with Crippen molar-refractivity contribution in [3.05, 3.63) is 104 Å². The molecule has 1 heteroatoms. The molecule has 0 N–H and O–H groups in total. The number of hydrogen-bond donors (Lipinski definition) is 0. The van der Waals surface area contributed by atoms with Gasteiger partial charge in [0.25, 0.3) is 0 Å². The first-order chi connectivity index (χ1) is 10.9. The van der Waals surface area contributed by atoms with Crippen molar-refractivity contribution in [1.82, 2.24) is 0 Å². The molecular weight excluding hydrogens is 371 g/mol. The third-order valence-corrected chi connectivity index (χ3v) is 12.4. The van der Waals surface area contributed by atoms with Crippen LogP contribution in [-0.4, -0.2) is 19.8 Å². The molecule has 3 aromatic carbocycles. The summed E-state index contributed by atoms with van der Waals surface area (Å²) in [6, 6.07) is 33.0. The molecule has 0 heterocycles. The summed E-state index contributed by atoms with van der Waals surface area (Å²) in [5.74, 6) is 0. The van der Waals surface area contributed by atoms with Crippen molar-refractivity contribution in [3.8, 4) is 0 Å². The van der Waals surface area contributed by atoms with Crippen LogP contribution in [0.4, 0.5) is 0 Å². The van der Waals surface area contributed by atoms with Crippen molar-refractivity contribution in [2.75, 3.05) is 0 Å². The SMILES string of the molecule is C=CC.c1cc[c]([SnH]([c]2ccccc2)[c]2ccccc2)cc1. The van der Waals surface area contributed by atoms with Crippen LogP contribution in [0.2, 0.25) is 0 Å². The van der Waals surface area contributed by atoms with Crippen molar-refractivity contribution < 1.29 is 0 Å². The molecule has 0 spiro atoms. The molecule has 22 heavy (non-hydrogen) atoms. The number of hydrogen-bond acceptors (Lipinski definition) is 0. The summed E-state index contributed by atoms with van der Waals surface area (Å²) in [6.07, 6.45) is 1.75. The summed E-state index contributed by atoms with van der Waals surface area (Å²) in [7, 11) is 0. The van der Waals surface area contributed by atoms with Gasteiger partial charge in [-0.1, -0.05) is 6.08 Å². The Morgan fingerprint density at radius 3 is 1.05 bits per heavy atom. The number of rotatable bonds is 3. The molecule has 0 aromatic heterocycles. The molecule has 3 rings (SSSR count). The van der Waals surface area contributed by atoms with E-state index < -0.39 is 19.8 Å². The Labute approximate surface area is 140 Å². The normalized spacial score (nSPS) is 9.73. The second-order valence-corrected chi connectivity index (χ2v) is 13.3. The van der Waals surface area contributed by atoms with Gasteiger partial charge in [0.1, 0.15) is 0 Å². The van der Waals surface area contributed by atoms with E-state index in [1.165, 1.54) is 0 Å². The fourth-order valence-electron chi connectivity index (χ4n) is 2.51. The van der Waals surface area contributed by atoms with Gasteiger partial charge in [-0.2, -0.15) is 0 Å². The van der Waals surface area contributed by atoms with Gasteiger partial charge in [-0.05, 0) is 6.92 Å². The topological polar surface area (TPSA) is 0 Å². The molecule has 0 saturated carbocycles. The zero-order chi connectivity index (χ0) is 15.6. The Balaban J connectivity index is 0.000000545. The molecule has 0 amide bonds. The van der Waals surface area contributed by atoms with Crippen LogP contribution in [0.25, 0.3) is 0 Å². The average Bonchev–Trinajstić information content (AvgIpc) is 2.59. The Kier molecular flexibility index (Phi) is 6.98. The third kappa shape index (κ3) is 4.60. The molecule has 0 unspecified atom stereocenters. The minimum atomic E-state index is -2.14. The maximum atomic E-state index is 3.36. The van der Waals surface area contributed by atoms with E-state index in [2.05, 4.69) is 97.6 Å². The van der Waals surface area contributed by atoms with E-state index in [1.54, 1.807) is 16.8 Å². The second-order valence-electron chi connectivity index (χ2n) is 5.07. The summed E-state index contributed by atoms with van der Waals surface area (Å²) in [5.41, 5.74) is 0. The third-order valence-electron chi connectivity index (χ3n) is 3.40. The summed E-state index contributed by atoms with van der Waals surface area (Å²) in [4.78, 5) is 0. The number of benzene rings is 3. The molecule has 0 radical (unpaired) electrons. The second kappa shape index (κ2) is 9.26. The zero-order valence-electron chi connectivity index (χ0n) is 13.0. The first-order valence-corrected chi connectivity index (χ1v) is 12.5. The number of allylic oxidation sites excluding steroid dienone is 1. The average molecular weight is 393 g/mol. The molecule has 0 nitrogen and oxygen atoms in total. The maximum absolute atomic E-state index is 3.36. The monoisotopic (exact) mass is 394 g/mol. The molecule has 0 saturated heterocycles. The molecule has 0 fully saturated rings. The Hall–Kier alpha value is -1.80. The van der Waals surface area contributed by atoms with Gasteiger partial charge in [0, 0.05) is 0 Å². The van der Waals surface area contributed by atoms with Gasteiger partial charge in [0.15, 0.2) is 0 Å². The molecule has 110 valence electrons. The van der Waals surface area contributed by atoms with E-state index in [9.17, 15) is 0 Å². The predicted molar refractivity (Wildman–Crippen MR) is 101 cm³/mol. The quantitative estimate of drug-likeness (QED) is 0.474. The first-order valence-electron chi connectivity index (χ1n) is 7.58. The van der Waals surface area contributed by atoms with E-state index in [-0.39, 0.29) is 0 Å². The van der Waals surface area contributed by atoms with E-state index in [4.69, 9.17) is 0 Å². The van der Waals surface area contributed by atoms with Crippen molar-refractivity contribution in [2.24, 2.45) is 0 Å². The van der Waals surface area contributed by atoms with Crippen molar-refractivity contribution >= 4 is 30.5 Å². The molecule has 0 atom stereocenters. The predicted octanol–water partition coefficient (Wildman–Crippen LogP) is 3.13. The van der Waals surface area contributed by atoms with Gasteiger partial charge in [-0.15, -0.1) is 6.58 Å². The Morgan fingerprint density at radius 1 is 0.591 bits per heavy atom. The van der Waals surface area contributed by atoms with E-state index in [0.717, 1.165) is 0 Å². The molecule has 0 aliphatic carbocycles. The van der Waals surface area contributed by atoms with Crippen LogP contribution in [0, 0.1) is 0 Å². The summed E-state index contributed by atoms with van der Waals surface area (Å²) < 4.78 is 4.63. The van der Waals surface area contributed by atoms with Gasteiger partial charge in [0.2, 0.25) is 0 Å². The summed E-state index contributed by atoms with van der Waals surface area (Å²) in [5, 5.41) is 0. The molecule has 0 aliphatic heterocycles. The Morgan fingerprint density at radius 2 is 0.818 bits per heavy atom. The minimum absolute atomic E-state index is 1.54. The first kappa shape index (κ1) is 16.6.